The third-order valence-electron chi connectivity index (χ3n) is 10.1. The van der Waals surface area contributed by atoms with Gasteiger partial charge in [0.15, 0.2) is 5.69 Å². The molecule has 8 rings (SSSR count). The number of carboxylic acid groups (broad SMARTS) is 1. The van der Waals surface area contributed by atoms with Gasteiger partial charge in [-0.15, -0.1) is 0 Å². The van der Waals surface area contributed by atoms with Crippen LogP contribution in [0.25, 0.3) is 20.9 Å². The van der Waals surface area contributed by atoms with E-state index in [9.17, 15) is 9.59 Å². The molecule has 4 atom stereocenters. The lowest BCUT2D eigenvalue weighted by atomic mass is 9.78. The van der Waals surface area contributed by atoms with Crippen molar-refractivity contribution in [2.75, 3.05) is 13.1 Å². The molecule has 4 heterocycles. The Morgan fingerprint density at radius 1 is 0.681 bits per heavy atom. The van der Waals surface area contributed by atoms with Crippen LogP contribution < -0.4 is 5.32 Å². The van der Waals surface area contributed by atoms with E-state index in [1.54, 1.807) is 6.07 Å². The molecule has 2 saturated carbocycles. The molecule has 2 aromatic carbocycles. The summed E-state index contributed by atoms with van der Waals surface area (Å²) in [6, 6.07) is 24.7. The number of carbonyl (C=O) groups excluding carboxylic acids is 1. The minimum Gasteiger partial charge on any atom is -0.476 e. The molecule has 47 heavy (non-hydrogen) atoms. The van der Waals surface area contributed by atoms with Crippen molar-refractivity contribution in [3.8, 4) is 20.9 Å². The van der Waals surface area contributed by atoms with E-state index in [1.165, 1.54) is 100 Å². The number of benzene rings is 2. The third kappa shape index (κ3) is 8.75. The second-order valence-electron chi connectivity index (χ2n) is 13.2. The van der Waals surface area contributed by atoms with Gasteiger partial charge in [0.1, 0.15) is 5.69 Å². The first-order valence-corrected chi connectivity index (χ1v) is 18.9. The summed E-state index contributed by atoms with van der Waals surface area (Å²) in [6.07, 6.45) is 16.3. The first-order chi connectivity index (χ1) is 23.1. The van der Waals surface area contributed by atoms with E-state index in [4.69, 9.17) is 5.11 Å². The highest BCUT2D eigenvalue weighted by atomic mass is 32.1. The number of rotatable bonds is 4. The summed E-state index contributed by atoms with van der Waals surface area (Å²) < 4.78 is 8.29. The molecule has 0 bridgehead atoms. The number of amides is 1. The number of hydrogen-bond donors (Lipinski definition) is 2. The molecule has 4 aliphatic rings. The fourth-order valence-corrected chi connectivity index (χ4v) is 9.19. The van der Waals surface area contributed by atoms with Crippen LogP contribution in [-0.2, 0) is 0 Å². The van der Waals surface area contributed by atoms with Crippen molar-refractivity contribution < 1.29 is 14.7 Å². The monoisotopic (exact) mass is 670 g/mol. The molecule has 2 N–H and O–H groups in total. The zero-order valence-electron chi connectivity index (χ0n) is 27.1. The Bertz CT molecular complexity index is 1550. The predicted octanol–water partition coefficient (Wildman–Crippen LogP) is 9.04. The third-order valence-corrected chi connectivity index (χ3v) is 11.8. The van der Waals surface area contributed by atoms with Crippen LogP contribution in [0.15, 0.2) is 72.8 Å². The molecule has 7 nitrogen and oxygen atoms in total. The first-order valence-electron chi connectivity index (χ1n) is 17.4. The molecule has 2 aliphatic carbocycles. The van der Waals surface area contributed by atoms with Crippen molar-refractivity contribution in [1.29, 1.82) is 0 Å². The van der Waals surface area contributed by atoms with E-state index in [0.717, 1.165) is 45.8 Å². The number of likely N-dealkylation sites (tertiary alicyclic amines) is 1. The zero-order valence-corrected chi connectivity index (χ0v) is 28.7. The smallest absolute Gasteiger partial charge is 0.355 e. The molecule has 248 valence electrons. The van der Waals surface area contributed by atoms with E-state index in [0.29, 0.717) is 17.7 Å². The van der Waals surface area contributed by atoms with Crippen molar-refractivity contribution in [3.63, 3.8) is 0 Å². The second-order valence-corrected chi connectivity index (χ2v) is 14.8. The van der Waals surface area contributed by atoms with Gasteiger partial charge in [0.05, 0.1) is 9.75 Å². The number of aromatic carboxylic acids is 1. The SMILES string of the molecule is C1CCC2NCCCC2C1.O=C(O)c1cc(-c2ccccc2)sn1.O=C(c1cc(-c2ccccc2)sn1)N1CCCC2CCCCC21. The summed E-state index contributed by atoms with van der Waals surface area (Å²) in [5.74, 6) is 0.916. The summed E-state index contributed by atoms with van der Waals surface area (Å²) in [4.78, 5) is 27.6. The Kier molecular flexibility index (Phi) is 11.8. The van der Waals surface area contributed by atoms with Crippen LogP contribution in [0.1, 0.15) is 98.0 Å². The van der Waals surface area contributed by atoms with Crippen molar-refractivity contribution in [1.82, 2.24) is 19.0 Å². The molecule has 4 fully saturated rings. The van der Waals surface area contributed by atoms with Crippen LogP contribution in [0, 0.1) is 11.8 Å². The van der Waals surface area contributed by atoms with Gasteiger partial charge in [-0.1, -0.05) is 86.3 Å². The lowest BCUT2D eigenvalue weighted by molar-refractivity contribution is 0.0386. The van der Waals surface area contributed by atoms with Crippen LogP contribution in [-0.4, -0.2) is 55.8 Å². The van der Waals surface area contributed by atoms with Gasteiger partial charge in [-0.3, -0.25) is 4.79 Å². The average Bonchev–Trinajstić information content (AvgIpc) is 3.84. The van der Waals surface area contributed by atoms with Gasteiger partial charge in [-0.05, 0) is 116 Å². The normalized spacial score (nSPS) is 23.5. The van der Waals surface area contributed by atoms with Gasteiger partial charge in [-0.2, -0.15) is 8.75 Å². The molecule has 0 spiro atoms. The maximum atomic E-state index is 13.0. The first kappa shape index (κ1) is 33.5. The maximum absolute atomic E-state index is 13.0. The van der Waals surface area contributed by atoms with Crippen molar-refractivity contribution in [2.24, 2.45) is 11.8 Å². The minimum atomic E-state index is -0.983. The fraction of sp³-hybridized carbons (Fsp3) is 0.474. The fourth-order valence-electron chi connectivity index (χ4n) is 7.73. The predicted molar refractivity (Wildman–Crippen MR) is 191 cm³/mol. The molecular weight excluding hydrogens is 625 g/mol. The second kappa shape index (κ2) is 16.6. The highest BCUT2D eigenvalue weighted by Gasteiger charge is 2.36. The lowest BCUT2D eigenvalue weighted by Crippen LogP contribution is -2.49. The standard InChI is InChI=1S/C19H22N2OS.C10H7NO2S.C9H17N/c22-19(21-12-6-10-14-7-4-5-11-17(14)21)16-13-18(23-20-16)15-8-2-1-3-9-15;12-10(13)8-6-9(14-11-8)7-4-2-1-3-5-7;1-2-6-9-8(4-1)5-3-7-10-9/h1-3,8-9,13-14,17H,4-7,10-12H2;1-6H,(H,12,13);8-10H,1-7H2. The number of fused-ring (bicyclic) bond motifs is 2. The summed E-state index contributed by atoms with van der Waals surface area (Å²) in [5.41, 5.74) is 2.87. The summed E-state index contributed by atoms with van der Waals surface area (Å²) in [6.45, 7) is 2.18. The summed E-state index contributed by atoms with van der Waals surface area (Å²) in [7, 11) is 0. The molecular formula is C38H46N4O3S2. The zero-order chi connectivity index (χ0) is 32.4. The quantitative estimate of drug-likeness (QED) is 0.225. The number of piperidine rings is 2. The van der Waals surface area contributed by atoms with E-state index in [-0.39, 0.29) is 11.6 Å². The van der Waals surface area contributed by atoms with Crippen LogP contribution >= 0.6 is 23.1 Å². The van der Waals surface area contributed by atoms with E-state index >= 15 is 0 Å². The van der Waals surface area contributed by atoms with Crippen molar-refractivity contribution in [3.05, 3.63) is 84.2 Å². The molecule has 9 heteroatoms. The van der Waals surface area contributed by atoms with Crippen LogP contribution in [0.2, 0.25) is 0 Å². The Morgan fingerprint density at radius 2 is 1.23 bits per heavy atom. The van der Waals surface area contributed by atoms with Gasteiger partial charge < -0.3 is 15.3 Å². The molecule has 4 aromatic rings. The lowest BCUT2D eigenvalue weighted by Gasteiger charge is -2.43. The Morgan fingerprint density at radius 3 is 1.87 bits per heavy atom. The molecule has 2 aliphatic heterocycles. The number of carboxylic acids is 1. The number of nitrogens with zero attached hydrogens (tertiary/aromatic N) is 3. The highest BCUT2D eigenvalue weighted by Crippen LogP contribution is 2.36. The Labute approximate surface area is 286 Å². The number of nitrogens with one attached hydrogen (secondary N) is 1. The molecule has 0 radical (unpaired) electrons. The van der Waals surface area contributed by atoms with Crippen LogP contribution in [0.5, 0.6) is 0 Å². The van der Waals surface area contributed by atoms with Crippen molar-refractivity contribution >= 4 is 34.9 Å². The summed E-state index contributed by atoms with van der Waals surface area (Å²) >= 11 is 2.63. The van der Waals surface area contributed by atoms with Gasteiger partial charge in [0.25, 0.3) is 5.91 Å². The summed E-state index contributed by atoms with van der Waals surface area (Å²) in [5, 5.41) is 12.3. The largest absolute Gasteiger partial charge is 0.476 e. The van der Waals surface area contributed by atoms with Crippen molar-refractivity contribution in [2.45, 2.75) is 89.1 Å². The number of carbonyl (C=O) groups is 2. The molecule has 4 unspecified atom stereocenters. The van der Waals surface area contributed by atoms with Crippen LogP contribution in [0.3, 0.4) is 0 Å². The topological polar surface area (TPSA) is 95.4 Å². The molecule has 2 saturated heterocycles. The van der Waals surface area contributed by atoms with E-state index in [2.05, 4.69) is 31.1 Å². The molecule has 2 aromatic heterocycles. The maximum Gasteiger partial charge on any atom is 0.355 e. The average molecular weight is 671 g/mol. The number of hydrogen-bond acceptors (Lipinski definition) is 7. The van der Waals surface area contributed by atoms with Crippen LogP contribution in [0.4, 0.5) is 0 Å². The number of aromatic nitrogens is 2. The highest BCUT2D eigenvalue weighted by molar-refractivity contribution is 7.10. The van der Waals surface area contributed by atoms with Gasteiger partial charge in [0.2, 0.25) is 0 Å². The van der Waals surface area contributed by atoms with E-state index < -0.39 is 5.97 Å². The Balaban J connectivity index is 0.000000136. The van der Waals surface area contributed by atoms with E-state index in [1.807, 2.05) is 54.6 Å². The van der Waals surface area contributed by atoms with Gasteiger partial charge in [-0.25, -0.2) is 4.79 Å². The Hall–Kier alpha value is -3.40. The van der Waals surface area contributed by atoms with Gasteiger partial charge >= 0.3 is 5.97 Å². The van der Waals surface area contributed by atoms with Gasteiger partial charge in [0, 0.05) is 18.6 Å². The molecule has 1 amide bonds. The minimum absolute atomic E-state index is 0.105.